The minimum Gasteiger partial charge on any atom is -0.319 e. The van der Waals surface area contributed by atoms with Crippen molar-refractivity contribution >= 4 is 11.8 Å². The molecule has 1 rings (SSSR count). The first-order chi connectivity index (χ1) is 7.20. The maximum Gasteiger partial charge on any atom is 0.139 e. The molecule has 0 aliphatic heterocycles. The fraction of sp³-hybridized carbons (Fsp3) is 0.667. The van der Waals surface area contributed by atoms with Crippen LogP contribution in [0.25, 0.3) is 0 Å². The minimum absolute atomic E-state index is 0.321. The summed E-state index contributed by atoms with van der Waals surface area (Å²) >= 11 is 1.34. The van der Waals surface area contributed by atoms with E-state index in [0.717, 1.165) is 18.5 Å². The summed E-state index contributed by atoms with van der Waals surface area (Å²) in [7, 11) is 1.96. The lowest BCUT2D eigenvalue weighted by Gasteiger charge is -2.28. The number of halogens is 1. The first-order valence-corrected chi connectivity index (χ1v) is 6.41. The van der Waals surface area contributed by atoms with Gasteiger partial charge in [0.25, 0.3) is 0 Å². The van der Waals surface area contributed by atoms with Gasteiger partial charge >= 0.3 is 0 Å². The zero-order valence-electron chi connectivity index (χ0n) is 9.61. The fourth-order valence-corrected chi connectivity index (χ4v) is 3.19. The van der Waals surface area contributed by atoms with E-state index in [9.17, 15) is 4.39 Å². The molecule has 1 nitrogen and oxygen atoms in total. The van der Waals surface area contributed by atoms with E-state index in [2.05, 4.69) is 11.9 Å². The van der Waals surface area contributed by atoms with Gasteiger partial charge in [-0.1, -0.05) is 23.9 Å². The predicted molar refractivity (Wildman–Crippen MR) is 66.7 cm³/mol. The molecule has 0 aromatic heterocycles. The summed E-state index contributed by atoms with van der Waals surface area (Å²) in [4.78, 5) is 1.22. The van der Waals surface area contributed by atoms with Crippen LogP contribution in [-0.4, -0.2) is 19.6 Å². The first kappa shape index (κ1) is 12.8. The molecule has 0 aromatic rings. The molecule has 1 aliphatic rings. The van der Waals surface area contributed by atoms with Crippen LogP contribution in [0.2, 0.25) is 0 Å². The van der Waals surface area contributed by atoms with Gasteiger partial charge in [-0.25, -0.2) is 4.39 Å². The van der Waals surface area contributed by atoms with E-state index in [-0.39, 0.29) is 6.01 Å². The van der Waals surface area contributed by atoms with Crippen molar-refractivity contribution in [3.05, 3.63) is 22.6 Å². The highest BCUT2D eigenvalue weighted by Crippen LogP contribution is 2.39. The molecule has 0 aromatic carbocycles. The van der Waals surface area contributed by atoms with Crippen molar-refractivity contribution in [2.75, 3.05) is 19.6 Å². The third-order valence-electron chi connectivity index (χ3n) is 2.80. The largest absolute Gasteiger partial charge is 0.319 e. The fourth-order valence-electron chi connectivity index (χ4n) is 2.27. The van der Waals surface area contributed by atoms with Gasteiger partial charge in [-0.3, -0.25) is 0 Å². The second-order valence-electron chi connectivity index (χ2n) is 4.02. The number of alkyl halides is 1. The normalized spacial score (nSPS) is 21.9. The third kappa shape index (κ3) is 3.35. The highest BCUT2D eigenvalue weighted by molar-refractivity contribution is 8.02. The van der Waals surface area contributed by atoms with Crippen LogP contribution in [0.5, 0.6) is 0 Å². The maximum atomic E-state index is 12.4. The van der Waals surface area contributed by atoms with Crippen molar-refractivity contribution in [3.63, 3.8) is 0 Å². The molecule has 0 unspecified atom stereocenters. The summed E-state index contributed by atoms with van der Waals surface area (Å²) in [6.45, 7) is 7.02. The molecule has 1 aliphatic carbocycles. The number of nitrogens with one attached hydrogen (secondary N) is 1. The molecule has 3 heteroatoms. The van der Waals surface area contributed by atoms with Gasteiger partial charge < -0.3 is 5.32 Å². The Labute approximate surface area is 96.2 Å². The minimum atomic E-state index is -0.321. The zero-order valence-corrected chi connectivity index (χ0v) is 10.4. The van der Waals surface area contributed by atoms with Crippen molar-refractivity contribution in [1.82, 2.24) is 5.32 Å². The quantitative estimate of drug-likeness (QED) is 0.774. The summed E-state index contributed by atoms with van der Waals surface area (Å²) in [5, 5.41) is 3.21. The van der Waals surface area contributed by atoms with Gasteiger partial charge in [0.1, 0.15) is 6.01 Å². The highest BCUT2D eigenvalue weighted by Gasteiger charge is 2.23. The van der Waals surface area contributed by atoms with E-state index in [0.29, 0.717) is 5.92 Å². The van der Waals surface area contributed by atoms with Crippen LogP contribution in [0, 0.1) is 5.92 Å². The topological polar surface area (TPSA) is 12.0 Å². The van der Waals surface area contributed by atoms with Gasteiger partial charge in [0, 0.05) is 6.54 Å². The highest BCUT2D eigenvalue weighted by atomic mass is 32.2. The molecule has 0 heterocycles. The third-order valence-corrected chi connectivity index (χ3v) is 3.69. The van der Waals surface area contributed by atoms with Crippen molar-refractivity contribution in [2.45, 2.75) is 26.2 Å². The molecule has 0 saturated heterocycles. The molecule has 86 valence electrons. The second-order valence-corrected chi connectivity index (χ2v) is 5.02. The number of rotatable bonds is 5. The van der Waals surface area contributed by atoms with E-state index in [1.165, 1.54) is 35.1 Å². The molecular weight excluding hydrogens is 209 g/mol. The summed E-state index contributed by atoms with van der Waals surface area (Å²) in [6, 6.07) is -0.321. The van der Waals surface area contributed by atoms with Crippen molar-refractivity contribution in [3.8, 4) is 0 Å². The molecular formula is C12H20FNS. The molecule has 0 radical (unpaired) electrons. The molecule has 0 bridgehead atoms. The lowest BCUT2D eigenvalue weighted by Crippen LogP contribution is -2.24. The molecule has 0 amide bonds. The average molecular weight is 229 g/mol. The van der Waals surface area contributed by atoms with Crippen LogP contribution < -0.4 is 5.32 Å². The van der Waals surface area contributed by atoms with Crippen molar-refractivity contribution in [2.24, 2.45) is 5.92 Å². The van der Waals surface area contributed by atoms with E-state index in [1.54, 1.807) is 0 Å². The first-order valence-electron chi connectivity index (χ1n) is 5.43. The molecule has 0 saturated carbocycles. The number of thioether (sulfide) groups is 1. The average Bonchev–Trinajstić information content (AvgIpc) is 2.18. The van der Waals surface area contributed by atoms with Gasteiger partial charge in [-0.15, -0.1) is 0 Å². The van der Waals surface area contributed by atoms with Gasteiger partial charge in [0.2, 0.25) is 0 Å². The summed E-state index contributed by atoms with van der Waals surface area (Å²) in [6.07, 6.45) is 3.39. The summed E-state index contributed by atoms with van der Waals surface area (Å²) < 4.78 is 12.4. The molecule has 0 spiro atoms. The zero-order chi connectivity index (χ0) is 11.3. The van der Waals surface area contributed by atoms with E-state index in [1.807, 2.05) is 14.0 Å². The van der Waals surface area contributed by atoms with Gasteiger partial charge in [0.15, 0.2) is 0 Å². The summed E-state index contributed by atoms with van der Waals surface area (Å²) in [5.74, 6) is 0.523. The van der Waals surface area contributed by atoms with Crippen LogP contribution >= 0.6 is 11.8 Å². The lowest BCUT2D eigenvalue weighted by atomic mass is 9.84. The number of hydrogen-bond donors (Lipinski definition) is 1. The Balaban J connectivity index is 2.89. The predicted octanol–water partition coefficient (Wildman–Crippen LogP) is 3.50. The van der Waals surface area contributed by atoms with Gasteiger partial charge in [-0.05, 0) is 49.6 Å². The Morgan fingerprint density at radius 1 is 1.67 bits per heavy atom. The monoisotopic (exact) mass is 229 g/mol. The Hall–Kier alpha value is -0.280. The standard InChI is InChI=1S/C12H20FNS/c1-9(2)12-10(7-14-3)5-4-6-11(12)15-8-13/h10,14H,1,4-8H2,2-3H3/t10-/m0/s1. The van der Waals surface area contributed by atoms with Gasteiger partial charge in [0.05, 0.1) is 0 Å². The SMILES string of the molecule is C=C(C)C1=C(SCF)CCC[C@H]1CNC. The van der Waals surface area contributed by atoms with E-state index < -0.39 is 0 Å². The van der Waals surface area contributed by atoms with Gasteiger partial charge in [-0.2, -0.15) is 0 Å². The Kier molecular flexibility index (Phi) is 5.40. The van der Waals surface area contributed by atoms with Crippen LogP contribution in [0.4, 0.5) is 4.39 Å². The molecule has 0 fully saturated rings. The molecule has 1 atom stereocenters. The smallest absolute Gasteiger partial charge is 0.139 e. The van der Waals surface area contributed by atoms with Crippen LogP contribution in [-0.2, 0) is 0 Å². The van der Waals surface area contributed by atoms with Crippen LogP contribution in [0.3, 0.4) is 0 Å². The Bertz CT molecular complexity index is 260. The lowest BCUT2D eigenvalue weighted by molar-refractivity contribution is 0.490. The van der Waals surface area contributed by atoms with Crippen LogP contribution in [0.1, 0.15) is 26.2 Å². The molecule has 15 heavy (non-hydrogen) atoms. The Morgan fingerprint density at radius 2 is 2.40 bits per heavy atom. The maximum absolute atomic E-state index is 12.4. The second kappa shape index (κ2) is 6.33. The van der Waals surface area contributed by atoms with E-state index >= 15 is 0 Å². The van der Waals surface area contributed by atoms with Crippen molar-refractivity contribution < 1.29 is 4.39 Å². The van der Waals surface area contributed by atoms with Crippen molar-refractivity contribution in [1.29, 1.82) is 0 Å². The Morgan fingerprint density at radius 3 is 2.93 bits per heavy atom. The van der Waals surface area contributed by atoms with E-state index in [4.69, 9.17) is 0 Å². The number of allylic oxidation sites excluding steroid dienone is 2. The summed E-state index contributed by atoms with van der Waals surface area (Å²) in [5.41, 5.74) is 2.41. The number of hydrogen-bond acceptors (Lipinski definition) is 2. The van der Waals surface area contributed by atoms with Crippen LogP contribution in [0.15, 0.2) is 22.6 Å². The molecule has 1 N–H and O–H groups in total.